The zero-order chi connectivity index (χ0) is 13.4. The SMILES string of the molecule is CCOCc1cnc(C)c(OCC)c1COCC. The molecule has 0 bridgehead atoms. The number of aromatic nitrogens is 1. The summed E-state index contributed by atoms with van der Waals surface area (Å²) in [5.41, 5.74) is 2.99. The Morgan fingerprint density at radius 2 is 1.67 bits per heavy atom. The van der Waals surface area contributed by atoms with Gasteiger partial charge in [-0.1, -0.05) is 0 Å². The maximum atomic E-state index is 5.69. The number of pyridine rings is 1. The topological polar surface area (TPSA) is 40.6 Å². The summed E-state index contributed by atoms with van der Waals surface area (Å²) in [5.74, 6) is 0.836. The standard InChI is InChI=1S/C14H23NO3/c1-5-16-9-12-8-15-11(4)14(18-7-3)13(12)10-17-6-2/h8H,5-7,9-10H2,1-4H3. The van der Waals surface area contributed by atoms with Gasteiger partial charge in [0, 0.05) is 30.5 Å². The fourth-order valence-electron chi connectivity index (χ4n) is 1.71. The summed E-state index contributed by atoms with van der Waals surface area (Å²) in [6.07, 6.45) is 1.85. The van der Waals surface area contributed by atoms with Gasteiger partial charge in [-0.3, -0.25) is 4.98 Å². The average molecular weight is 253 g/mol. The maximum absolute atomic E-state index is 5.69. The van der Waals surface area contributed by atoms with Crippen molar-refractivity contribution in [2.24, 2.45) is 0 Å². The van der Waals surface area contributed by atoms with Crippen molar-refractivity contribution in [1.29, 1.82) is 0 Å². The van der Waals surface area contributed by atoms with Crippen molar-refractivity contribution in [3.8, 4) is 5.75 Å². The fraction of sp³-hybridized carbons (Fsp3) is 0.643. The first kappa shape index (κ1) is 14.9. The van der Waals surface area contributed by atoms with Crippen molar-refractivity contribution in [1.82, 2.24) is 4.98 Å². The minimum atomic E-state index is 0.539. The van der Waals surface area contributed by atoms with E-state index in [0.29, 0.717) is 33.0 Å². The molecule has 4 nitrogen and oxygen atoms in total. The van der Waals surface area contributed by atoms with Gasteiger partial charge in [0.1, 0.15) is 5.75 Å². The molecule has 0 unspecified atom stereocenters. The molecule has 0 spiro atoms. The van der Waals surface area contributed by atoms with Crippen LogP contribution in [0.15, 0.2) is 6.20 Å². The van der Waals surface area contributed by atoms with Crippen molar-refractivity contribution < 1.29 is 14.2 Å². The first-order chi connectivity index (χ1) is 8.74. The van der Waals surface area contributed by atoms with Crippen molar-refractivity contribution >= 4 is 0 Å². The van der Waals surface area contributed by atoms with E-state index in [0.717, 1.165) is 22.6 Å². The minimum absolute atomic E-state index is 0.539. The van der Waals surface area contributed by atoms with Crippen LogP contribution in [0, 0.1) is 6.92 Å². The van der Waals surface area contributed by atoms with Crippen LogP contribution in [0.25, 0.3) is 0 Å². The third kappa shape index (κ3) is 3.96. The summed E-state index contributed by atoms with van der Waals surface area (Å²) in [6, 6.07) is 0. The highest BCUT2D eigenvalue weighted by atomic mass is 16.5. The molecule has 1 rings (SSSR count). The summed E-state index contributed by atoms with van der Waals surface area (Å²) in [6.45, 7) is 11.0. The van der Waals surface area contributed by atoms with Gasteiger partial charge in [0.2, 0.25) is 0 Å². The minimum Gasteiger partial charge on any atom is -0.492 e. The van der Waals surface area contributed by atoms with E-state index < -0.39 is 0 Å². The van der Waals surface area contributed by atoms with Crippen LogP contribution in [0.4, 0.5) is 0 Å². The number of hydrogen-bond donors (Lipinski definition) is 0. The van der Waals surface area contributed by atoms with E-state index >= 15 is 0 Å². The number of nitrogens with zero attached hydrogens (tertiary/aromatic N) is 1. The van der Waals surface area contributed by atoms with E-state index in [1.807, 2.05) is 33.9 Å². The molecule has 0 atom stereocenters. The Labute approximate surface area is 109 Å². The lowest BCUT2D eigenvalue weighted by atomic mass is 10.1. The van der Waals surface area contributed by atoms with Crippen LogP contribution in [0.3, 0.4) is 0 Å². The summed E-state index contributed by atoms with van der Waals surface area (Å²) >= 11 is 0. The number of ether oxygens (including phenoxy) is 3. The van der Waals surface area contributed by atoms with Crippen molar-refractivity contribution in [3.63, 3.8) is 0 Å². The van der Waals surface area contributed by atoms with E-state index in [9.17, 15) is 0 Å². The number of rotatable bonds is 8. The van der Waals surface area contributed by atoms with Crippen molar-refractivity contribution in [2.45, 2.75) is 40.9 Å². The molecule has 102 valence electrons. The third-order valence-corrected chi connectivity index (χ3v) is 2.61. The van der Waals surface area contributed by atoms with Gasteiger partial charge in [-0.2, -0.15) is 0 Å². The van der Waals surface area contributed by atoms with Crippen LogP contribution in [0.1, 0.15) is 37.6 Å². The van der Waals surface area contributed by atoms with Crippen molar-refractivity contribution in [2.75, 3.05) is 19.8 Å². The monoisotopic (exact) mass is 253 g/mol. The first-order valence-corrected chi connectivity index (χ1v) is 6.50. The van der Waals surface area contributed by atoms with Gasteiger partial charge < -0.3 is 14.2 Å². The Balaban J connectivity index is 3.03. The second kappa shape index (κ2) is 8.06. The van der Waals surface area contributed by atoms with Gasteiger partial charge in [0.25, 0.3) is 0 Å². The molecular formula is C14H23NO3. The lowest BCUT2D eigenvalue weighted by Crippen LogP contribution is -2.08. The highest BCUT2D eigenvalue weighted by Crippen LogP contribution is 2.26. The molecule has 0 aliphatic rings. The fourth-order valence-corrected chi connectivity index (χ4v) is 1.71. The molecule has 0 aliphatic carbocycles. The van der Waals surface area contributed by atoms with Gasteiger partial charge >= 0.3 is 0 Å². The lowest BCUT2D eigenvalue weighted by molar-refractivity contribution is 0.117. The molecule has 0 aliphatic heterocycles. The molecule has 4 heteroatoms. The largest absolute Gasteiger partial charge is 0.492 e. The van der Waals surface area contributed by atoms with Gasteiger partial charge in [0.15, 0.2) is 0 Å². The lowest BCUT2D eigenvalue weighted by Gasteiger charge is -2.16. The Kier molecular flexibility index (Phi) is 6.68. The Morgan fingerprint density at radius 1 is 1.00 bits per heavy atom. The Bertz CT molecular complexity index is 366. The molecule has 0 saturated heterocycles. The van der Waals surface area contributed by atoms with E-state index in [4.69, 9.17) is 14.2 Å². The molecule has 0 amide bonds. The van der Waals surface area contributed by atoms with Crippen LogP contribution in [0.5, 0.6) is 5.75 Å². The second-order valence-corrected chi connectivity index (χ2v) is 3.88. The van der Waals surface area contributed by atoms with E-state index in [2.05, 4.69) is 4.98 Å². The van der Waals surface area contributed by atoms with Crippen LogP contribution in [0.2, 0.25) is 0 Å². The zero-order valence-electron chi connectivity index (χ0n) is 11.8. The third-order valence-electron chi connectivity index (χ3n) is 2.61. The van der Waals surface area contributed by atoms with Gasteiger partial charge in [-0.05, 0) is 27.7 Å². The Morgan fingerprint density at radius 3 is 2.28 bits per heavy atom. The van der Waals surface area contributed by atoms with E-state index in [1.54, 1.807) is 0 Å². The molecule has 0 saturated carbocycles. The number of aryl methyl sites for hydroxylation is 1. The van der Waals surface area contributed by atoms with E-state index in [-0.39, 0.29) is 0 Å². The average Bonchev–Trinajstić information content (AvgIpc) is 2.38. The smallest absolute Gasteiger partial charge is 0.146 e. The summed E-state index contributed by atoms with van der Waals surface area (Å²) in [7, 11) is 0. The predicted octanol–water partition coefficient (Wildman–Crippen LogP) is 2.86. The highest BCUT2D eigenvalue weighted by molar-refractivity contribution is 5.41. The summed E-state index contributed by atoms with van der Waals surface area (Å²) < 4.78 is 16.7. The number of hydrogen-bond acceptors (Lipinski definition) is 4. The highest BCUT2D eigenvalue weighted by Gasteiger charge is 2.14. The summed E-state index contributed by atoms with van der Waals surface area (Å²) in [5, 5.41) is 0. The molecule has 0 aromatic carbocycles. The Hall–Kier alpha value is -1.13. The van der Waals surface area contributed by atoms with Crippen LogP contribution < -0.4 is 4.74 Å². The zero-order valence-corrected chi connectivity index (χ0v) is 11.8. The second-order valence-electron chi connectivity index (χ2n) is 3.88. The predicted molar refractivity (Wildman–Crippen MR) is 70.8 cm³/mol. The molecular weight excluding hydrogens is 230 g/mol. The molecule has 1 aromatic heterocycles. The van der Waals surface area contributed by atoms with Crippen LogP contribution in [-0.2, 0) is 22.7 Å². The maximum Gasteiger partial charge on any atom is 0.146 e. The van der Waals surface area contributed by atoms with E-state index in [1.165, 1.54) is 0 Å². The molecule has 18 heavy (non-hydrogen) atoms. The van der Waals surface area contributed by atoms with Gasteiger partial charge in [0.05, 0.1) is 25.5 Å². The molecule has 1 aromatic rings. The quantitative estimate of drug-likeness (QED) is 0.714. The van der Waals surface area contributed by atoms with Gasteiger partial charge in [-0.25, -0.2) is 0 Å². The van der Waals surface area contributed by atoms with Crippen LogP contribution in [-0.4, -0.2) is 24.8 Å². The summed E-state index contributed by atoms with van der Waals surface area (Å²) in [4.78, 5) is 4.36. The molecule has 0 N–H and O–H groups in total. The van der Waals surface area contributed by atoms with Crippen molar-refractivity contribution in [3.05, 3.63) is 23.0 Å². The van der Waals surface area contributed by atoms with Crippen LogP contribution >= 0.6 is 0 Å². The normalized spacial score (nSPS) is 10.7. The first-order valence-electron chi connectivity index (χ1n) is 6.50. The molecule has 1 heterocycles. The molecule has 0 fully saturated rings. The van der Waals surface area contributed by atoms with Gasteiger partial charge in [-0.15, -0.1) is 0 Å². The molecule has 0 radical (unpaired) electrons.